The van der Waals surface area contributed by atoms with Crippen LogP contribution in [0.2, 0.25) is 20.1 Å². The summed E-state index contributed by atoms with van der Waals surface area (Å²) in [5.74, 6) is 0.115. The highest BCUT2D eigenvalue weighted by atomic mass is 35.5. The van der Waals surface area contributed by atoms with E-state index < -0.39 is 0 Å². The van der Waals surface area contributed by atoms with Crippen LogP contribution >= 0.6 is 58.2 Å². The lowest BCUT2D eigenvalue weighted by molar-refractivity contribution is -0.123. The lowest BCUT2D eigenvalue weighted by atomic mass is 10.2. The molecule has 0 radical (unpaired) electrons. The van der Waals surface area contributed by atoms with Gasteiger partial charge in [0, 0.05) is 20.6 Å². The average molecular weight is 539 g/mol. The highest BCUT2D eigenvalue weighted by molar-refractivity contribution is 8.18. The number of imide groups is 1. The van der Waals surface area contributed by atoms with Crippen LogP contribution < -0.4 is 4.74 Å². The number of carbonyl (C=O) groups excluding carboxylic acids is 2. The molecule has 0 aromatic heterocycles. The van der Waals surface area contributed by atoms with Gasteiger partial charge in [-0.25, -0.2) is 0 Å². The van der Waals surface area contributed by atoms with Crippen molar-refractivity contribution < 1.29 is 14.3 Å². The molecule has 4 nitrogen and oxygen atoms in total. The van der Waals surface area contributed by atoms with Gasteiger partial charge in [-0.15, -0.1) is 0 Å². The highest BCUT2D eigenvalue weighted by Gasteiger charge is 2.35. The third kappa shape index (κ3) is 5.86. The van der Waals surface area contributed by atoms with Crippen molar-refractivity contribution in [3.05, 3.63) is 102 Å². The first-order valence-corrected chi connectivity index (χ1v) is 12.0. The second kappa shape index (κ2) is 10.4. The molecule has 1 fully saturated rings. The summed E-state index contributed by atoms with van der Waals surface area (Å²) in [4.78, 5) is 26.7. The zero-order valence-corrected chi connectivity index (χ0v) is 20.7. The summed E-state index contributed by atoms with van der Waals surface area (Å²) in [6.07, 6.45) is 1.64. The van der Waals surface area contributed by atoms with E-state index in [-0.39, 0.29) is 24.3 Å². The standard InChI is InChI=1S/C24H15Cl4NO3S/c25-17-5-1-14(2-6-17)12-29-23(30)22(33-24(29)31)10-15-3-8-21(20(28)9-15)32-13-16-4-7-18(26)11-19(16)27/h1-11H,12-13H2/b22-10-. The van der Waals surface area contributed by atoms with Crippen LogP contribution in [0.1, 0.15) is 16.7 Å². The lowest BCUT2D eigenvalue weighted by Gasteiger charge is -2.12. The van der Waals surface area contributed by atoms with Gasteiger partial charge in [0.15, 0.2) is 0 Å². The molecule has 0 saturated carbocycles. The summed E-state index contributed by atoms with van der Waals surface area (Å²) in [7, 11) is 0. The van der Waals surface area contributed by atoms with Crippen molar-refractivity contribution in [2.24, 2.45) is 0 Å². The Labute approximate surface area is 215 Å². The van der Waals surface area contributed by atoms with Gasteiger partial charge in [-0.3, -0.25) is 14.5 Å². The van der Waals surface area contributed by atoms with Gasteiger partial charge in [-0.1, -0.05) is 70.7 Å². The zero-order valence-electron chi connectivity index (χ0n) is 16.9. The second-order valence-corrected chi connectivity index (χ2v) is 9.79. The largest absolute Gasteiger partial charge is 0.487 e. The van der Waals surface area contributed by atoms with Crippen LogP contribution in [-0.2, 0) is 17.9 Å². The summed E-state index contributed by atoms with van der Waals surface area (Å²) in [6.45, 7) is 0.401. The first-order valence-electron chi connectivity index (χ1n) is 9.66. The summed E-state index contributed by atoms with van der Waals surface area (Å²) >= 11 is 25.2. The van der Waals surface area contributed by atoms with Gasteiger partial charge in [0.2, 0.25) is 0 Å². The number of hydrogen-bond acceptors (Lipinski definition) is 4. The van der Waals surface area contributed by atoms with Gasteiger partial charge < -0.3 is 4.74 Å². The molecule has 33 heavy (non-hydrogen) atoms. The van der Waals surface area contributed by atoms with E-state index in [1.54, 1.807) is 66.7 Å². The Morgan fingerprint density at radius 3 is 2.27 bits per heavy atom. The number of hydrogen-bond donors (Lipinski definition) is 0. The fourth-order valence-corrected chi connectivity index (χ4v) is 4.75. The Morgan fingerprint density at radius 2 is 1.58 bits per heavy atom. The van der Waals surface area contributed by atoms with Crippen molar-refractivity contribution in [1.29, 1.82) is 0 Å². The minimum absolute atomic E-state index is 0.181. The van der Waals surface area contributed by atoms with E-state index in [9.17, 15) is 9.59 Å². The number of halogens is 4. The molecular weight excluding hydrogens is 524 g/mol. The maximum atomic E-state index is 12.8. The molecule has 0 atom stereocenters. The van der Waals surface area contributed by atoms with Crippen molar-refractivity contribution in [3.63, 3.8) is 0 Å². The number of thioether (sulfide) groups is 1. The molecule has 1 heterocycles. The van der Waals surface area contributed by atoms with Crippen LogP contribution in [-0.4, -0.2) is 16.0 Å². The van der Waals surface area contributed by atoms with E-state index in [0.29, 0.717) is 36.3 Å². The predicted molar refractivity (Wildman–Crippen MR) is 135 cm³/mol. The Bertz CT molecular complexity index is 1260. The monoisotopic (exact) mass is 537 g/mol. The SMILES string of the molecule is O=C1S/C(=C\c2ccc(OCc3ccc(Cl)cc3Cl)c(Cl)c2)C(=O)N1Cc1ccc(Cl)cc1. The van der Waals surface area contributed by atoms with E-state index in [1.807, 2.05) is 0 Å². The van der Waals surface area contributed by atoms with Gasteiger partial charge in [0.1, 0.15) is 12.4 Å². The number of benzene rings is 3. The molecular formula is C24H15Cl4NO3S. The van der Waals surface area contributed by atoms with Crippen LogP contribution in [0.3, 0.4) is 0 Å². The predicted octanol–water partition coefficient (Wildman–Crippen LogP) is 8.12. The minimum Gasteiger partial charge on any atom is -0.487 e. The van der Waals surface area contributed by atoms with E-state index >= 15 is 0 Å². The number of nitrogens with zero attached hydrogens (tertiary/aromatic N) is 1. The summed E-state index contributed by atoms with van der Waals surface area (Å²) < 4.78 is 5.77. The molecule has 0 spiro atoms. The molecule has 2 amide bonds. The average Bonchev–Trinajstić information content (AvgIpc) is 3.03. The summed E-state index contributed by atoms with van der Waals surface area (Å²) in [6, 6.07) is 17.3. The molecule has 0 N–H and O–H groups in total. The van der Waals surface area contributed by atoms with Crippen molar-refractivity contribution >= 4 is 75.4 Å². The number of amides is 2. The third-order valence-electron chi connectivity index (χ3n) is 4.78. The lowest BCUT2D eigenvalue weighted by Crippen LogP contribution is -2.27. The fourth-order valence-electron chi connectivity index (χ4n) is 3.08. The third-order valence-corrected chi connectivity index (χ3v) is 6.82. The van der Waals surface area contributed by atoms with Crippen LogP contribution in [0.4, 0.5) is 4.79 Å². The molecule has 3 aromatic rings. The van der Waals surface area contributed by atoms with Crippen LogP contribution in [0.5, 0.6) is 5.75 Å². The molecule has 0 unspecified atom stereocenters. The van der Waals surface area contributed by atoms with Crippen molar-refractivity contribution in [2.75, 3.05) is 0 Å². The summed E-state index contributed by atoms with van der Waals surface area (Å²) in [5.41, 5.74) is 2.26. The van der Waals surface area contributed by atoms with Gasteiger partial charge in [0.25, 0.3) is 11.1 Å². The maximum Gasteiger partial charge on any atom is 0.293 e. The Balaban J connectivity index is 1.45. The quantitative estimate of drug-likeness (QED) is 0.297. The Kier molecular flexibility index (Phi) is 7.57. The number of carbonyl (C=O) groups is 2. The smallest absolute Gasteiger partial charge is 0.293 e. The van der Waals surface area contributed by atoms with Crippen molar-refractivity contribution in [2.45, 2.75) is 13.2 Å². The zero-order chi connectivity index (χ0) is 23.5. The minimum atomic E-state index is -0.353. The molecule has 1 saturated heterocycles. The van der Waals surface area contributed by atoms with E-state index in [2.05, 4.69) is 0 Å². The van der Waals surface area contributed by atoms with E-state index in [4.69, 9.17) is 51.1 Å². The van der Waals surface area contributed by atoms with Crippen molar-refractivity contribution in [1.82, 2.24) is 4.90 Å². The molecule has 168 valence electrons. The molecule has 0 aliphatic carbocycles. The van der Waals surface area contributed by atoms with Crippen LogP contribution in [0.15, 0.2) is 65.6 Å². The van der Waals surface area contributed by atoms with E-state index in [1.165, 1.54) is 4.90 Å². The normalized spacial score (nSPS) is 14.9. The number of ether oxygens (including phenoxy) is 1. The first-order chi connectivity index (χ1) is 15.8. The Morgan fingerprint density at radius 1 is 0.848 bits per heavy atom. The fraction of sp³-hybridized carbons (Fsp3) is 0.0833. The van der Waals surface area contributed by atoms with Gasteiger partial charge in [0.05, 0.1) is 16.5 Å². The first kappa shape index (κ1) is 24.0. The number of rotatable bonds is 6. The highest BCUT2D eigenvalue weighted by Crippen LogP contribution is 2.35. The maximum absolute atomic E-state index is 12.8. The van der Waals surface area contributed by atoms with Crippen LogP contribution in [0, 0.1) is 0 Å². The molecule has 3 aromatic carbocycles. The summed E-state index contributed by atoms with van der Waals surface area (Å²) in [5, 5.41) is 1.68. The van der Waals surface area contributed by atoms with Gasteiger partial charge >= 0.3 is 0 Å². The van der Waals surface area contributed by atoms with Crippen molar-refractivity contribution in [3.8, 4) is 5.75 Å². The molecule has 1 aliphatic heterocycles. The van der Waals surface area contributed by atoms with E-state index in [0.717, 1.165) is 22.9 Å². The topological polar surface area (TPSA) is 46.6 Å². The molecule has 4 rings (SSSR count). The van der Waals surface area contributed by atoms with Gasteiger partial charge in [-0.05, 0) is 65.4 Å². The van der Waals surface area contributed by atoms with Gasteiger partial charge in [-0.2, -0.15) is 0 Å². The molecule has 0 bridgehead atoms. The Hall–Kier alpha value is -2.15. The molecule has 1 aliphatic rings. The molecule has 9 heteroatoms. The van der Waals surface area contributed by atoms with Crippen LogP contribution in [0.25, 0.3) is 6.08 Å². The second-order valence-electron chi connectivity index (χ2n) is 7.11.